The smallest absolute Gasteiger partial charge is 0.407 e. The highest BCUT2D eigenvalue weighted by Crippen LogP contribution is 2.37. The Morgan fingerprint density at radius 3 is 1.86 bits per heavy atom. The molecule has 206 valence electrons. The molecule has 6 nitrogen and oxygen atoms in total. The van der Waals surface area contributed by atoms with Gasteiger partial charge < -0.3 is 13.9 Å². The standard InChI is InChI=1S/C26H35F3O6SSi/c1-24(2,3)37(22-12-8-6-9-13-22,23-14-10-7-11-15-23)33-17-16-20-18-21(35-25(4,5)34-20)19-32-36(30,31)26(27,28)29/h6-15,20-21H,16-19H2,1-5H3/t20-,21-/m0/s1. The SMILES string of the molecule is CC1(C)O[C@H](COS(=O)(=O)C(F)(F)F)C[C@H](CCO[Si](c2ccccc2)(c2ccccc2)C(C)(C)C)O1. The molecule has 37 heavy (non-hydrogen) atoms. The van der Waals surface area contributed by atoms with Crippen molar-refractivity contribution in [3.05, 3.63) is 60.7 Å². The molecule has 1 aliphatic heterocycles. The molecule has 2 aromatic carbocycles. The average molecular weight is 561 g/mol. The Bertz CT molecular complexity index is 1080. The van der Waals surface area contributed by atoms with Crippen molar-refractivity contribution in [1.82, 2.24) is 0 Å². The van der Waals surface area contributed by atoms with Gasteiger partial charge in [-0.3, -0.25) is 4.18 Å². The van der Waals surface area contributed by atoms with E-state index in [0.29, 0.717) is 13.0 Å². The van der Waals surface area contributed by atoms with E-state index >= 15 is 0 Å². The van der Waals surface area contributed by atoms with Crippen LogP contribution in [-0.2, 0) is 28.2 Å². The summed E-state index contributed by atoms with van der Waals surface area (Å²) in [4.78, 5) is 0. The maximum absolute atomic E-state index is 12.7. The van der Waals surface area contributed by atoms with Crippen LogP contribution in [-0.4, -0.2) is 53.5 Å². The molecule has 1 fully saturated rings. The summed E-state index contributed by atoms with van der Waals surface area (Å²) < 4.78 is 83.5. The molecule has 0 N–H and O–H groups in total. The lowest BCUT2D eigenvalue weighted by atomic mass is 10.1. The summed E-state index contributed by atoms with van der Waals surface area (Å²) in [7, 11) is -8.47. The molecule has 0 spiro atoms. The summed E-state index contributed by atoms with van der Waals surface area (Å²) in [6.07, 6.45) is -0.705. The molecule has 2 atom stereocenters. The van der Waals surface area contributed by atoms with Crippen molar-refractivity contribution in [2.75, 3.05) is 13.2 Å². The zero-order valence-corrected chi connectivity index (χ0v) is 23.6. The molecule has 11 heteroatoms. The number of rotatable bonds is 9. The third-order valence-electron chi connectivity index (χ3n) is 6.29. The fourth-order valence-electron chi connectivity index (χ4n) is 4.84. The summed E-state index contributed by atoms with van der Waals surface area (Å²) in [5, 5.41) is 2.05. The first-order valence-electron chi connectivity index (χ1n) is 12.1. The molecule has 0 aromatic heterocycles. The number of hydrogen-bond acceptors (Lipinski definition) is 6. The van der Waals surface area contributed by atoms with Crippen LogP contribution in [0.15, 0.2) is 60.7 Å². The highest BCUT2D eigenvalue weighted by atomic mass is 32.2. The van der Waals surface area contributed by atoms with Crippen molar-refractivity contribution in [3.8, 4) is 0 Å². The Labute approximate surface area is 218 Å². The van der Waals surface area contributed by atoms with Crippen LogP contribution in [0.25, 0.3) is 0 Å². The third kappa shape index (κ3) is 7.01. The highest BCUT2D eigenvalue weighted by molar-refractivity contribution is 7.87. The Morgan fingerprint density at radius 2 is 1.41 bits per heavy atom. The van der Waals surface area contributed by atoms with E-state index in [0.717, 1.165) is 10.4 Å². The van der Waals surface area contributed by atoms with Gasteiger partial charge in [-0.1, -0.05) is 81.4 Å². The Kier molecular flexibility index (Phi) is 8.98. The van der Waals surface area contributed by atoms with Gasteiger partial charge in [0.05, 0.1) is 18.8 Å². The number of benzene rings is 2. The fourth-order valence-corrected chi connectivity index (χ4v) is 9.88. The van der Waals surface area contributed by atoms with Crippen LogP contribution in [0.5, 0.6) is 0 Å². The summed E-state index contributed by atoms with van der Waals surface area (Å²) in [6.45, 7) is 9.36. The molecule has 0 saturated carbocycles. The van der Waals surface area contributed by atoms with E-state index in [1.807, 2.05) is 36.4 Å². The lowest BCUT2D eigenvalue weighted by molar-refractivity contribution is -0.304. The molecule has 0 aliphatic carbocycles. The predicted molar refractivity (Wildman–Crippen MR) is 138 cm³/mol. The van der Waals surface area contributed by atoms with E-state index in [1.54, 1.807) is 13.8 Å². The van der Waals surface area contributed by atoms with E-state index in [2.05, 4.69) is 49.2 Å². The lowest BCUT2D eigenvalue weighted by Crippen LogP contribution is -2.66. The zero-order chi connectivity index (χ0) is 27.5. The van der Waals surface area contributed by atoms with Gasteiger partial charge in [0.1, 0.15) is 0 Å². The Hall–Kier alpha value is -1.76. The van der Waals surface area contributed by atoms with Gasteiger partial charge in [-0.15, -0.1) is 0 Å². The minimum atomic E-state index is -5.71. The largest absolute Gasteiger partial charge is 0.523 e. The average Bonchev–Trinajstić information content (AvgIpc) is 2.79. The van der Waals surface area contributed by atoms with Crippen LogP contribution >= 0.6 is 0 Å². The normalized spacial score (nSPS) is 21.1. The summed E-state index contributed by atoms with van der Waals surface area (Å²) >= 11 is 0. The molecule has 1 heterocycles. The zero-order valence-electron chi connectivity index (χ0n) is 21.7. The van der Waals surface area contributed by atoms with Crippen LogP contribution in [0.2, 0.25) is 5.04 Å². The van der Waals surface area contributed by atoms with Crippen LogP contribution in [0.3, 0.4) is 0 Å². The van der Waals surface area contributed by atoms with Crippen molar-refractivity contribution in [3.63, 3.8) is 0 Å². The van der Waals surface area contributed by atoms with Crippen LogP contribution in [0, 0.1) is 0 Å². The van der Waals surface area contributed by atoms with Gasteiger partial charge in [-0.05, 0) is 35.7 Å². The molecular formula is C26H35F3O6SSi. The number of halogens is 3. The first-order chi connectivity index (χ1) is 17.1. The highest BCUT2D eigenvalue weighted by Gasteiger charge is 2.51. The molecule has 3 rings (SSSR count). The van der Waals surface area contributed by atoms with Gasteiger partial charge in [0.2, 0.25) is 0 Å². The lowest BCUT2D eigenvalue weighted by Gasteiger charge is -2.44. The maximum atomic E-state index is 12.7. The summed E-state index contributed by atoms with van der Waals surface area (Å²) in [5.41, 5.74) is -5.49. The van der Waals surface area contributed by atoms with Crippen molar-refractivity contribution in [2.45, 2.75) is 76.0 Å². The molecule has 1 saturated heterocycles. The predicted octanol–water partition coefficient (Wildman–Crippen LogP) is 4.73. The Morgan fingerprint density at radius 1 is 0.919 bits per heavy atom. The molecule has 0 amide bonds. The van der Waals surface area contributed by atoms with Gasteiger partial charge in [-0.2, -0.15) is 21.6 Å². The summed E-state index contributed by atoms with van der Waals surface area (Å²) in [5.74, 6) is -1.13. The topological polar surface area (TPSA) is 71.1 Å². The van der Waals surface area contributed by atoms with Crippen molar-refractivity contribution in [1.29, 1.82) is 0 Å². The van der Waals surface area contributed by atoms with Crippen molar-refractivity contribution >= 4 is 28.8 Å². The minimum Gasteiger partial charge on any atom is -0.407 e. The van der Waals surface area contributed by atoms with Crippen molar-refractivity contribution < 1.29 is 39.7 Å². The van der Waals surface area contributed by atoms with Crippen LogP contribution < -0.4 is 10.4 Å². The first kappa shape index (κ1) is 29.8. The number of ether oxygens (including phenoxy) is 2. The van der Waals surface area contributed by atoms with Gasteiger partial charge in [0.15, 0.2) is 5.79 Å². The Balaban J connectivity index is 1.78. The van der Waals surface area contributed by atoms with Gasteiger partial charge in [0, 0.05) is 13.0 Å². The van der Waals surface area contributed by atoms with Crippen LogP contribution in [0.4, 0.5) is 13.2 Å². The second-order valence-corrected chi connectivity index (χ2v) is 16.5. The van der Waals surface area contributed by atoms with Gasteiger partial charge in [-0.25, -0.2) is 0 Å². The molecular weight excluding hydrogens is 525 g/mol. The van der Waals surface area contributed by atoms with Gasteiger partial charge >= 0.3 is 15.6 Å². The van der Waals surface area contributed by atoms with E-state index in [4.69, 9.17) is 13.9 Å². The molecule has 1 aliphatic rings. The second-order valence-electron chi connectivity index (χ2n) is 10.6. The third-order valence-corrected chi connectivity index (χ3v) is 12.4. The van der Waals surface area contributed by atoms with E-state index in [1.165, 1.54) is 0 Å². The monoisotopic (exact) mass is 560 g/mol. The quantitative estimate of drug-likeness (QED) is 0.251. The molecule has 0 radical (unpaired) electrons. The van der Waals surface area contributed by atoms with Crippen molar-refractivity contribution in [2.24, 2.45) is 0 Å². The summed E-state index contributed by atoms with van der Waals surface area (Å²) in [6, 6.07) is 20.3. The molecule has 0 bridgehead atoms. The minimum absolute atomic E-state index is 0.168. The van der Waals surface area contributed by atoms with E-state index < -0.39 is 48.5 Å². The molecule has 2 aromatic rings. The van der Waals surface area contributed by atoms with Gasteiger partial charge in [0.25, 0.3) is 8.32 Å². The van der Waals surface area contributed by atoms with E-state index in [9.17, 15) is 21.6 Å². The first-order valence-corrected chi connectivity index (χ1v) is 15.5. The fraction of sp³-hybridized carbons (Fsp3) is 0.538. The van der Waals surface area contributed by atoms with E-state index in [-0.39, 0.29) is 11.5 Å². The van der Waals surface area contributed by atoms with Crippen LogP contribution in [0.1, 0.15) is 47.5 Å². The number of hydrogen-bond donors (Lipinski definition) is 0. The molecule has 0 unspecified atom stereocenters. The second kappa shape index (κ2) is 11.2. The maximum Gasteiger partial charge on any atom is 0.523 e. The number of alkyl halides is 3.